The molecule has 0 amide bonds. The molecule has 0 bridgehead atoms. The molecule has 0 aromatic heterocycles. The molecule has 1 aromatic carbocycles. The molecule has 1 aliphatic heterocycles. The Bertz CT molecular complexity index is 678. The summed E-state index contributed by atoms with van der Waals surface area (Å²) in [5.74, 6) is 1.89. The third-order valence-electron chi connectivity index (χ3n) is 6.59. The number of benzene rings is 1. The van der Waals surface area contributed by atoms with E-state index in [4.69, 9.17) is 4.74 Å². The number of rotatable bonds is 10. The first-order chi connectivity index (χ1) is 15.2. The van der Waals surface area contributed by atoms with Gasteiger partial charge in [0.25, 0.3) is 0 Å². The minimum Gasteiger partial charge on any atom is -0.490 e. The van der Waals surface area contributed by atoms with Crippen LogP contribution in [0.15, 0.2) is 23.2 Å². The van der Waals surface area contributed by atoms with Gasteiger partial charge in [0.15, 0.2) is 5.96 Å². The third kappa shape index (κ3) is 8.00. The molecular weight excluding hydrogens is 386 g/mol. The molecule has 2 fully saturated rings. The smallest absolute Gasteiger partial charge is 0.191 e. The van der Waals surface area contributed by atoms with Crippen LogP contribution in [0.1, 0.15) is 56.6 Å². The van der Waals surface area contributed by atoms with Crippen LogP contribution in [0.5, 0.6) is 5.75 Å². The van der Waals surface area contributed by atoms with Crippen molar-refractivity contribution in [3.8, 4) is 5.75 Å². The Hall–Kier alpha value is -1.79. The normalized spacial score (nSPS) is 19.0. The maximum atomic E-state index is 6.33. The van der Waals surface area contributed by atoms with E-state index in [-0.39, 0.29) is 0 Å². The zero-order chi connectivity index (χ0) is 21.9. The zero-order valence-electron chi connectivity index (χ0n) is 20.0. The van der Waals surface area contributed by atoms with Gasteiger partial charge in [0.2, 0.25) is 0 Å². The molecule has 0 spiro atoms. The number of nitrogens with zero attached hydrogens (tertiary/aromatic N) is 3. The maximum Gasteiger partial charge on any atom is 0.191 e. The number of guanidine groups is 1. The SMILES string of the molecule is CCN1CCN(CCCCNC(=NC)NCc2ccc(C)cc2OC2CCCC2)CC1. The highest BCUT2D eigenvalue weighted by atomic mass is 16.5. The number of unbranched alkanes of at least 4 members (excludes halogenated alkanes) is 1. The van der Waals surface area contributed by atoms with Gasteiger partial charge in [-0.1, -0.05) is 19.1 Å². The number of hydrogen-bond acceptors (Lipinski definition) is 4. The van der Waals surface area contributed by atoms with E-state index in [1.807, 2.05) is 7.05 Å². The number of nitrogens with one attached hydrogen (secondary N) is 2. The molecule has 3 rings (SSSR count). The minimum absolute atomic E-state index is 0.378. The number of aryl methyl sites for hydroxylation is 1. The molecule has 0 unspecified atom stereocenters. The number of aliphatic imine (C=N–C) groups is 1. The average molecular weight is 430 g/mol. The quantitative estimate of drug-likeness (QED) is 0.339. The van der Waals surface area contributed by atoms with Crippen molar-refractivity contribution >= 4 is 5.96 Å². The number of hydrogen-bond donors (Lipinski definition) is 2. The second-order valence-corrected chi connectivity index (χ2v) is 8.97. The minimum atomic E-state index is 0.378. The van der Waals surface area contributed by atoms with Gasteiger partial charge in [-0.25, -0.2) is 0 Å². The summed E-state index contributed by atoms with van der Waals surface area (Å²) < 4.78 is 6.33. The highest BCUT2D eigenvalue weighted by molar-refractivity contribution is 5.79. The summed E-state index contributed by atoms with van der Waals surface area (Å²) >= 11 is 0. The van der Waals surface area contributed by atoms with Crippen molar-refractivity contribution in [1.29, 1.82) is 0 Å². The summed E-state index contributed by atoms with van der Waals surface area (Å²) in [5, 5.41) is 6.93. The topological polar surface area (TPSA) is 52.1 Å². The monoisotopic (exact) mass is 429 g/mol. The van der Waals surface area contributed by atoms with Gasteiger partial charge in [-0.05, 0) is 70.2 Å². The van der Waals surface area contributed by atoms with Crippen molar-refractivity contribution in [2.75, 3.05) is 52.9 Å². The lowest BCUT2D eigenvalue weighted by Crippen LogP contribution is -2.46. The van der Waals surface area contributed by atoms with Gasteiger partial charge in [0, 0.05) is 51.9 Å². The maximum absolute atomic E-state index is 6.33. The molecule has 1 saturated heterocycles. The molecule has 0 atom stereocenters. The number of likely N-dealkylation sites (N-methyl/N-ethyl adjacent to an activating group) is 1. The first kappa shape index (κ1) is 23.9. The van der Waals surface area contributed by atoms with E-state index in [1.165, 1.54) is 82.5 Å². The second kappa shape index (κ2) is 12.9. The molecule has 1 aromatic rings. The molecule has 2 aliphatic rings. The van der Waals surface area contributed by atoms with Gasteiger partial charge in [0.05, 0.1) is 6.10 Å². The molecule has 31 heavy (non-hydrogen) atoms. The molecule has 6 nitrogen and oxygen atoms in total. The van der Waals surface area contributed by atoms with E-state index >= 15 is 0 Å². The van der Waals surface area contributed by atoms with E-state index in [0.29, 0.717) is 6.10 Å². The molecule has 6 heteroatoms. The summed E-state index contributed by atoms with van der Waals surface area (Å²) in [5.41, 5.74) is 2.45. The predicted molar refractivity (Wildman–Crippen MR) is 130 cm³/mol. The van der Waals surface area contributed by atoms with Crippen LogP contribution in [-0.2, 0) is 6.54 Å². The van der Waals surface area contributed by atoms with Crippen molar-refractivity contribution < 1.29 is 4.74 Å². The van der Waals surface area contributed by atoms with Crippen LogP contribution >= 0.6 is 0 Å². The fraction of sp³-hybridized carbons (Fsp3) is 0.720. The molecule has 0 radical (unpaired) electrons. The van der Waals surface area contributed by atoms with Crippen molar-refractivity contribution in [1.82, 2.24) is 20.4 Å². The van der Waals surface area contributed by atoms with Gasteiger partial charge in [-0.15, -0.1) is 0 Å². The van der Waals surface area contributed by atoms with E-state index in [9.17, 15) is 0 Å². The molecule has 2 N–H and O–H groups in total. The first-order valence-corrected chi connectivity index (χ1v) is 12.3. The molecule has 174 valence electrons. The van der Waals surface area contributed by atoms with Gasteiger partial charge in [0.1, 0.15) is 5.75 Å². The standard InChI is InChI=1S/C25H43N5O/c1-4-29-15-17-30(18-16-29)14-8-7-13-27-25(26-3)28-20-22-12-11-21(2)19-24(22)31-23-9-5-6-10-23/h11-12,19,23H,4-10,13-18,20H2,1-3H3,(H2,26,27,28). The van der Waals surface area contributed by atoms with Gasteiger partial charge < -0.3 is 25.2 Å². The van der Waals surface area contributed by atoms with E-state index in [2.05, 4.69) is 57.5 Å². The number of ether oxygens (including phenoxy) is 1. The Kier molecular flexibility index (Phi) is 9.94. The van der Waals surface area contributed by atoms with Crippen LogP contribution in [0.4, 0.5) is 0 Å². The molecule has 1 aliphatic carbocycles. The number of piperazine rings is 1. The van der Waals surface area contributed by atoms with Crippen LogP contribution in [-0.4, -0.2) is 74.7 Å². The van der Waals surface area contributed by atoms with Gasteiger partial charge >= 0.3 is 0 Å². The van der Waals surface area contributed by atoms with Crippen molar-refractivity contribution in [3.63, 3.8) is 0 Å². The molecule has 1 saturated carbocycles. The van der Waals surface area contributed by atoms with E-state index < -0.39 is 0 Å². The highest BCUT2D eigenvalue weighted by Gasteiger charge is 2.18. The fourth-order valence-electron chi connectivity index (χ4n) is 4.50. The summed E-state index contributed by atoms with van der Waals surface area (Å²) in [4.78, 5) is 9.53. The van der Waals surface area contributed by atoms with Gasteiger partial charge in [-0.3, -0.25) is 4.99 Å². The van der Waals surface area contributed by atoms with Crippen molar-refractivity contribution in [2.45, 2.75) is 65.0 Å². The lowest BCUT2D eigenvalue weighted by atomic mass is 10.1. The van der Waals surface area contributed by atoms with E-state index in [0.717, 1.165) is 31.2 Å². The zero-order valence-corrected chi connectivity index (χ0v) is 20.0. The Balaban J connectivity index is 1.36. The average Bonchev–Trinajstić information content (AvgIpc) is 3.30. The Labute approximate surface area is 189 Å². The summed E-state index contributed by atoms with van der Waals surface area (Å²) in [7, 11) is 1.84. The largest absolute Gasteiger partial charge is 0.490 e. The summed E-state index contributed by atoms with van der Waals surface area (Å²) in [6.07, 6.45) is 7.70. The lowest BCUT2D eigenvalue weighted by Gasteiger charge is -2.34. The molecular formula is C25H43N5O. The third-order valence-corrected chi connectivity index (χ3v) is 6.59. The molecule has 1 heterocycles. The van der Waals surface area contributed by atoms with Crippen LogP contribution in [0, 0.1) is 6.92 Å². The highest BCUT2D eigenvalue weighted by Crippen LogP contribution is 2.27. The van der Waals surface area contributed by atoms with Crippen LogP contribution < -0.4 is 15.4 Å². The van der Waals surface area contributed by atoms with Crippen LogP contribution in [0.3, 0.4) is 0 Å². The predicted octanol–water partition coefficient (Wildman–Crippen LogP) is 3.40. The fourth-order valence-corrected chi connectivity index (χ4v) is 4.50. The first-order valence-electron chi connectivity index (χ1n) is 12.3. The van der Waals surface area contributed by atoms with Crippen LogP contribution in [0.25, 0.3) is 0 Å². The van der Waals surface area contributed by atoms with E-state index in [1.54, 1.807) is 0 Å². The lowest BCUT2D eigenvalue weighted by molar-refractivity contribution is 0.136. The summed E-state index contributed by atoms with van der Waals surface area (Å²) in [6.45, 7) is 13.3. The van der Waals surface area contributed by atoms with Crippen molar-refractivity contribution in [2.24, 2.45) is 4.99 Å². The second-order valence-electron chi connectivity index (χ2n) is 8.97. The summed E-state index contributed by atoms with van der Waals surface area (Å²) in [6, 6.07) is 6.51. The Morgan fingerprint density at radius 1 is 1.06 bits per heavy atom. The van der Waals surface area contributed by atoms with Crippen LogP contribution in [0.2, 0.25) is 0 Å². The van der Waals surface area contributed by atoms with Gasteiger partial charge in [-0.2, -0.15) is 0 Å². The Morgan fingerprint density at radius 3 is 2.52 bits per heavy atom. The van der Waals surface area contributed by atoms with Crippen molar-refractivity contribution in [3.05, 3.63) is 29.3 Å². The Morgan fingerprint density at radius 2 is 1.81 bits per heavy atom.